The van der Waals surface area contributed by atoms with Crippen LogP contribution in [0.5, 0.6) is 0 Å². The second kappa shape index (κ2) is 6.09. The van der Waals surface area contributed by atoms with Crippen molar-refractivity contribution in [2.24, 2.45) is 5.92 Å². The first-order valence-electron chi connectivity index (χ1n) is 3.75. The van der Waals surface area contributed by atoms with Crippen LogP contribution < -0.4 is 0 Å². The molecule has 0 fully saturated rings. The van der Waals surface area contributed by atoms with Crippen molar-refractivity contribution in [3.05, 3.63) is 6.42 Å². The van der Waals surface area contributed by atoms with Crippen molar-refractivity contribution in [1.82, 2.24) is 0 Å². The standard InChI is InChI=1S/C8H17O/c1-3-5-6-8(4-2)7-9/h4,8-9H,3,5-7H2,1-2H3. The molecule has 0 heterocycles. The summed E-state index contributed by atoms with van der Waals surface area (Å²) in [5, 5.41) is 8.72. The average Bonchev–Trinajstić information content (AvgIpc) is 1.91. The molecular formula is C8H17O. The molecule has 0 aliphatic rings. The van der Waals surface area contributed by atoms with Crippen molar-refractivity contribution in [2.45, 2.75) is 33.1 Å². The van der Waals surface area contributed by atoms with Crippen molar-refractivity contribution in [3.8, 4) is 0 Å². The van der Waals surface area contributed by atoms with E-state index >= 15 is 0 Å². The van der Waals surface area contributed by atoms with Gasteiger partial charge in [0.15, 0.2) is 0 Å². The summed E-state index contributed by atoms with van der Waals surface area (Å²) in [4.78, 5) is 0. The van der Waals surface area contributed by atoms with Gasteiger partial charge in [-0.1, -0.05) is 26.7 Å². The minimum atomic E-state index is 0.316. The number of aliphatic hydroxyl groups is 1. The highest BCUT2D eigenvalue weighted by Crippen LogP contribution is 2.09. The van der Waals surface area contributed by atoms with E-state index in [9.17, 15) is 0 Å². The Kier molecular flexibility index (Phi) is 6.06. The van der Waals surface area contributed by atoms with Crippen LogP contribution >= 0.6 is 0 Å². The predicted octanol–water partition coefficient (Wildman–Crippen LogP) is 2.01. The fraction of sp³-hybridized carbons (Fsp3) is 0.875. The zero-order chi connectivity index (χ0) is 7.11. The number of hydrogen-bond donors (Lipinski definition) is 1. The highest BCUT2D eigenvalue weighted by molar-refractivity contribution is 4.69. The van der Waals surface area contributed by atoms with Crippen molar-refractivity contribution < 1.29 is 5.11 Å². The molecule has 1 N–H and O–H groups in total. The molecule has 0 spiro atoms. The Balaban J connectivity index is 3.09. The van der Waals surface area contributed by atoms with Gasteiger partial charge in [-0.15, -0.1) is 0 Å². The molecule has 0 saturated carbocycles. The summed E-state index contributed by atoms with van der Waals surface area (Å²) in [7, 11) is 0. The third-order valence-corrected chi connectivity index (χ3v) is 1.63. The Morgan fingerprint density at radius 1 is 1.56 bits per heavy atom. The molecule has 0 aromatic carbocycles. The van der Waals surface area contributed by atoms with Crippen LogP contribution in [0.4, 0.5) is 0 Å². The summed E-state index contributed by atoms with van der Waals surface area (Å²) in [5.41, 5.74) is 0. The third kappa shape index (κ3) is 4.46. The van der Waals surface area contributed by atoms with E-state index in [1.165, 1.54) is 12.8 Å². The average molecular weight is 129 g/mol. The highest BCUT2D eigenvalue weighted by atomic mass is 16.3. The van der Waals surface area contributed by atoms with E-state index in [0.717, 1.165) is 6.42 Å². The van der Waals surface area contributed by atoms with Crippen LogP contribution in [-0.4, -0.2) is 11.7 Å². The van der Waals surface area contributed by atoms with Crippen LogP contribution in [0, 0.1) is 12.3 Å². The van der Waals surface area contributed by atoms with Crippen LogP contribution in [0.1, 0.15) is 33.1 Å². The molecule has 0 rings (SSSR count). The van der Waals surface area contributed by atoms with Crippen LogP contribution in [-0.2, 0) is 0 Å². The summed E-state index contributed by atoms with van der Waals surface area (Å²) in [5.74, 6) is 0.435. The van der Waals surface area contributed by atoms with Crippen molar-refractivity contribution in [3.63, 3.8) is 0 Å². The molecule has 0 amide bonds. The molecule has 1 unspecified atom stereocenters. The predicted molar refractivity (Wildman–Crippen MR) is 40.1 cm³/mol. The molecule has 0 bridgehead atoms. The first kappa shape index (κ1) is 8.96. The Morgan fingerprint density at radius 3 is 2.56 bits per heavy atom. The van der Waals surface area contributed by atoms with E-state index in [1.807, 2.05) is 6.92 Å². The summed E-state index contributed by atoms with van der Waals surface area (Å²) in [6.45, 7) is 4.50. The van der Waals surface area contributed by atoms with Crippen molar-refractivity contribution in [1.29, 1.82) is 0 Å². The smallest absolute Gasteiger partial charge is 0.0461 e. The lowest BCUT2D eigenvalue weighted by atomic mass is 10.0. The second-order valence-electron chi connectivity index (χ2n) is 2.42. The second-order valence-corrected chi connectivity index (χ2v) is 2.42. The number of unbranched alkanes of at least 4 members (excludes halogenated alkanes) is 1. The topological polar surface area (TPSA) is 20.2 Å². The van der Waals surface area contributed by atoms with Gasteiger partial charge in [-0.25, -0.2) is 0 Å². The third-order valence-electron chi connectivity index (χ3n) is 1.63. The highest BCUT2D eigenvalue weighted by Gasteiger charge is 2.01. The fourth-order valence-electron chi connectivity index (χ4n) is 0.830. The van der Waals surface area contributed by atoms with Gasteiger partial charge in [0.25, 0.3) is 0 Å². The van der Waals surface area contributed by atoms with Crippen molar-refractivity contribution >= 4 is 0 Å². The normalized spacial score (nSPS) is 13.7. The maximum Gasteiger partial charge on any atom is 0.0461 e. The van der Waals surface area contributed by atoms with Gasteiger partial charge in [-0.05, 0) is 18.8 Å². The maximum absolute atomic E-state index is 8.72. The summed E-state index contributed by atoms with van der Waals surface area (Å²) < 4.78 is 0. The first-order chi connectivity index (χ1) is 4.35. The zero-order valence-electron chi connectivity index (χ0n) is 6.43. The molecule has 1 atom stereocenters. The fourth-order valence-corrected chi connectivity index (χ4v) is 0.830. The SMILES string of the molecule is C[CH]C(CO)CCCC. The van der Waals surface area contributed by atoms with Gasteiger partial charge in [0, 0.05) is 6.61 Å². The quantitative estimate of drug-likeness (QED) is 0.602. The molecule has 1 nitrogen and oxygen atoms in total. The molecule has 0 aromatic heterocycles. The molecule has 55 valence electrons. The van der Waals surface area contributed by atoms with E-state index in [4.69, 9.17) is 5.11 Å². The molecule has 0 saturated heterocycles. The van der Waals surface area contributed by atoms with Gasteiger partial charge in [0.1, 0.15) is 0 Å². The lowest BCUT2D eigenvalue weighted by Crippen LogP contribution is -2.04. The molecule has 1 radical (unpaired) electrons. The lowest BCUT2D eigenvalue weighted by molar-refractivity contribution is 0.235. The van der Waals surface area contributed by atoms with Crippen LogP contribution in [0.15, 0.2) is 0 Å². The molecule has 9 heavy (non-hydrogen) atoms. The summed E-state index contributed by atoms with van der Waals surface area (Å²) in [6, 6.07) is 0. The Labute approximate surface area is 58.1 Å². The number of hydrogen-bond acceptors (Lipinski definition) is 1. The molecule has 0 aliphatic heterocycles. The molecule has 1 heteroatoms. The van der Waals surface area contributed by atoms with E-state index in [2.05, 4.69) is 13.3 Å². The van der Waals surface area contributed by atoms with E-state index in [-0.39, 0.29) is 0 Å². The van der Waals surface area contributed by atoms with Crippen molar-refractivity contribution in [2.75, 3.05) is 6.61 Å². The van der Waals surface area contributed by atoms with E-state index in [0.29, 0.717) is 12.5 Å². The minimum absolute atomic E-state index is 0.316. The van der Waals surface area contributed by atoms with Crippen LogP contribution in [0.25, 0.3) is 0 Å². The zero-order valence-corrected chi connectivity index (χ0v) is 6.43. The summed E-state index contributed by atoms with van der Waals surface area (Å²) in [6.07, 6.45) is 5.68. The van der Waals surface area contributed by atoms with E-state index in [1.54, 1.807) is 0 Å². The van der Waals surface area contributed by atoms with Gasteiger partial charge in [0.2, 0.25) is 0 Å². The molecule has 0 aliphatic carbocycles. The summed E-state index contributed by atoms with van der Waals surface area (Å²) >= 11 is 0. The van der Waals surface area contributed by atoms with Gasteiger partial charge in [-0.2, -0.15) is 0 Å². The Bertz CT molecular complexity index is 48.5. The van der Waals surface area contributed by atoms with Gasteiger partial charge in [-0.3, -0.25) is 0 Å². The van der Waals surface area contributed by atoms with Gasteiger partial charge in [0.05, 0.1) is 0 Å². The largest absolute Gasteiger partial charge is 0.396 e. The van der Waals surface area contributed by atoms with Crippen LogP contribution in [0.3, 0.4) is 0 Å². The first-order valence-corrected chi connectivity index (χ1v) is 3.75. The molecular weight excluding hydrogens is 112 g/mol. The van der Waals surface area contributed by atoms with E-state index < -0.39 is 0 Å². The number of rotatable bonds is 5. The lowest BCUT2D eigenvalue weighted by Gasteiger charge is -2.08. The van der Waals surface area contributed by atoms with Crippen LogP contribution in [0.2, 0.25) is 0 Å². The monoisotopic (exact) mass is 129 g/mol. The molecule has 0 aromatic rings. The Hall–Kier alpha value is -0.0400. The minimum Gasteiger partial charge on any atom is -0.396 e. The Morgan fingerprint density at radius 2 is 2.22 bits per heavy atom. The van der Waals surface area contributed by atoms with Gasteiger partial charge >= 0.3 is 0 Å². The number of aliphatic hydroxyl groups excluding tert-OH is 1. The van der Waals surface area contributed by atoms with Gasteiger partial charge < -0.3 is 5.11 Å². The maximum atomic E-state index is 8.72.